The van der Waals surface area contributed by atoms with E-state index in [-0.39, 0.29) is 12.3 Å². The highest BCUT2D eigenvalue weighted by molar-refractivity contribution is 9.10. The predicted octanol–water partition coefficient (Wildman–Crippen LogP) is 1.87. The van der Waals surface area contributed by atoms with Crippen molar-refractivity contribution >= 4 is 27.7 Å². The van der Waals surface area contributed by atoms with Gasteiger partial charge in [-0.1, -0.05) is 39.3 Å². The molecule has 2 N–H and O–H groups in total. The molecule has 0 aliphatic heterocycles. The molecule has 26 heavy (non-hydrogen) atoms. The molecule has 0 saturated heterocycles. The zero-order valence-corrected chi connectivity index (χ0v) is 15.0. The summed E-state index contributed by atoms with van der Waals surface area (Å²) in [5, 5.41) is 7.67. The lowest BCUT2D eigenvalue weighted by Gasteiger charge is -2.07. The standard InChI is InChI=1S/C17H14BrN5O3/c18-12-6-8-14(9-7-12)26-11-16(24)20-21-17(25)15-10-23(22-19-15)13-4-2-1-3-5-13/h1-10H,11H2,(H,20,24)(H,21,25). The third-order valence-corrected chi connectivity index (χ3v) is 3.77. The lowest BCUT2D eigenvalue weighted by molar-refractivity contribution is -0.123. The van der Waals surface area contributed by atoms with E-state index in [9.17, 15) is 9.59 Å². The molecule has 1 aromatic heterocycles. The second-order valence-corrected chi connectivity index (χ2v) is 6.04. The van der Waals surface area contributed by atoms with Crippen molar-refractivity contribution in [2.24, 2.45) is 0 Å². The first-order valence-electron chi connectivity index (χ1n) is 7.57. The Labute approximate surface area is 157 Å². The molecule has 0 unspecified atom stereocenters. The summed E-state index contributed by atoms with van der Waals surface area (Å²) in [7, 11) is 0. The van der Waals surface area contributed by atoms with Crippen molar-refractivity contribution < 1.29 is 14.3 Å². The Bertz CT molecular complexity index is 896. The first-order valence-corrected chi connectivity index (χ1v) is 8.36. The maximum atomic E-state index is 12.0. The number of hydrogen-bond donors (Lipinski definition) is 2. The number of amides is 2. The fraction of sp³-hybridized carbons (Fsp3) is 0.0588. The Morgan fingerprint density at radius 2 is 1.77 bits per heavy atom. The van der Waals surface area contributed by atoms with Crippen molar-refractivity contribution in [2.45, 2.75) is 0 Å². The van der Waals surface area contributed by atoms with E-state index in [0.717, 1.165) is 10.2 Å². The third kappa shape index (κ3) is 4.67. The lowest BCUT2D eigenvalue weighted by Crippen LogP contribution is -2.44. The van der Waals surface area contributed by atoms with E-state index in [1.54, 1.807) is 24.3 Å². The van der Waals surface area contributed by atoms with Gasteiger partial charge in [-0.2, -0.15) is 0 Å². The molecule has 0 saturated carbocycles. The van der Waals surface area contributed by atoms with E-state index in [1.807, 2.05) is 30.3 Å². The van der Waals surface area contributed by atoms with E-state index >= 15 is 0 Å². The fourth-order valence-corrected chi connectivity index (χ4v) is 2.25. The summed E-state index contributed by atoms with van der Waals surface area (Å²) >= 11 is 3.31. The minimum atomic E-state index is -0.579. The molecule has 0 bridgehead atoms. The van der Waals surface area contributed by atoms with Gasteiger partial charge in [0.2, 0.25) is 0 Å². The average Bonchev–Trinajstić information content (AvgIpc) is 3.17. The van der Waals surface area contributed by atoms with Crippen LogP contribution in [0.2, 0.25) is 0 Å². The summed E-state index contributed by atoms with van der Waals surface area (Å²) < 4.78 is 7.68. The summed E-state index contributed by atoms with van der Waals surface area (Å²) in [5.41, 5.74) is 5.37. The highest BCUT2D eigenvalue weighted by atomic mass is 79.9. The number of nitrogens with one attached hydrogen (secondary N) is 2. The Morgan fingerprint density at radius 3 is 2.50 bits per heavy atom. The van der Waals surface area contributed by atoms with Gasteiger partial charge in [0.15, 0.2) is 12.3 Å². The molecule has 0 atom stereocenters. The van der Waals surface area contributed by atoms with Crippen LogP contribution < -0.4 is 15.6 Å². The monoisotopic (exact) mass is 415 g/mol. The normalized spacial score (nSPS) is 10.2. The number of para-hydroxylation sites is 1. The zero-order valence-electron chi connectivity index (χ0n) is 13.4. The van der Waals surface area contributed by atoms with Crippen LogP contribution in [0.25, 0.3) is 5.69 Å². The van der Waals surface area contributed by atoms with E-state index in [1.165, 1.54) is 10.9 Å². The number of benzene rings is 2. The second-order valence-electron chi connectivity index (χ2n) is 5.13. The quantitative estimate of drug-likeness (QED) is 0.619. The van der Waals surface area contributed by atoms with Crippen LogP contribution >= 0.6 is 15.9 Å². The molecule has 1 heterocycles. The van der Waals surface area contributed by atoms with Crippen molar-refractivity contribution in [3.05, 3.63) is 71.0 Å². The van der Waals surface area contributed by atoms with Gasteiger partial charge in [0.25, 0.3) is 11.8 Å². The molecule has 0 aliphatic carbocycles. The second kappa shape index (κ2) is 8.26. The van der Waals surface area contributed by atoms with Gasteiger partial charge in [-0.15, -0.1) is 5.10 Å². The first kappa shape index (κ1) is 17.6. The summed E-state index contributed by atoms with van der Waals surface area (Å²) in [6, 6.07) is 16.3. The van der Waals surface area contributed by atoms with Gasteiger partial charge in [-0.05, 0) is 36.4 Å². The Morgan fingerprint density at radius 1 is 1.04 bits per heavy atom. The highest BCUT2D eigenvalue weighted by Gasteiger charge is 2.12. The lowest BCUT2D eigenvalue weighted by atomic mass is 10.3. The number of hydrazine groups is 1. The van der Waals surface area contributed by atoms with Crippen LogP contribution in [-0.4, -0.2) is 33.4 Å². The van der Waals surface area contributed by atoms with Crippen LogP contribution in [0.1, 0.15) is 10.5 Å². The van der Waals surface area contributed by atoms with E-state index in [0.29, 0.717) is 5.75 Å². The molecule has 132 valence electrons. The minimum Gasteiger partial charge on any atom is -0.484 e. The largest absolute Gasteiger partial charge is 0.484 e. The molecule has 0 aliphatic rings. The number of ether oxygens (including phenoxy) is 1. The third-order valence-electron chi connectivity index (χ3n) is 3.25. The van der Waals surface area contributed by atoms with Crippen molar-refractivity contribution in [3.63, 3.8) is 0 Å². The molecule has 2 amide bonds. The number of carbonyl (C=O) groups excluding carboxylic acids is 2. The summed E-state index contributed by atoms with van der Waals surface area (Å²) in [6.45, 7) is -0.237. The van der Waals surface area contributed by atoms with Crippen LogP contribution in [0.3, 0.4) is 0 Å². The van der Waals surface area contributed by atoms with Gasteiger partial charge in [-0.25, -0.2) is 4.68 Å². The van der Waals surface area contributed by atoms with Crippen LogP contribution in [0, 0.1) is 0 Å². The van der Waals surface area contributed by atoms with Gasteiger partial charge < -0.3 is 4.74 Å². The summed E-state index contributed by atoms with van der Waals surface area (Å²) in [5.74, 6) is -0.540. The first-order chi connectivity index (χ1) is 12.6. The number of carbonyl (C=O) groups is 2. The maximum absolute atomic E-state index is 12.0. The molecule has 0 radical (unpaired) electrons. The molecule has 8 nitrogen and oxygen atoms in total. The Hall–Kier alpha value is -3.20. The molecule has 9 heteroatoms. The van der Waals surface area contributed by atoms with Crippen molar-refractivity contribution in [1.29, 1.82) is 0 Å². The zero-order chi connectivity index (χ0) is 18.4. The summed E-state index contributed by atoms with van der Waals surface area (Å²) in [4.78, 5) is 23.8. The Kier molecular flexibility index (Phi) is 5.59. The summed E-state index contributed by atoms with van der Waals surface area (Å²) in [6.07, 6.45) is 1.47. The van der Waals surface area contributed by atoms with Crippen LogP contribution in [0.5, 0.6) is 5.75 Å². The van der Waals surface area contributed by atoms with Crippen LogP contribution in [0.4, 0.5) is 0 Å². The van der Waals surface area contributed by atoms with E-state index < -0.39 is 11.8 Å². The van der Waals surface area contributed by atoms with Crippen molar-refractivity contribution in [2.75, 3.05) is 6.61 Å². The van der Waals surface area contributed by atoms with Crippen molar-refractivity contribution in [3.8, 4) is 11.4 Å². The number of aromatic nitrogens is 3. The van der Waals surface area contributed by atoms with Crippen molar-refractivity contribution in [1.82, 2.24) is 25.8 Å². The minimum absolute atomic E-state index is 0.0722. The van der Waals surface area contributed by atoms with Gasteiger partial charge in [-0.3, -0.25) is 20.4 Å². The van der Waals surface area contributed by atoms with Crippen LogP contribution in [0.15, 0.2) is 65.3 Å². The van der Waals surface area contributed by atoms with Crippen LogP contribution in [-0.2, 0) is 4.79 Å². The smallest absolute Gasteiger partial charge is 0.291 e. The highest BCUT2D eigenvalue weighted by Crippen LogP contribution is 2.15. The molecular weight excluding hydrogens is 402 g/mol. The molecule has 3 rings (SSSR count). The molecule has 2 aromatic carbocycles. The number of halogens is 1. The maximum Gasteiger partial charge on any atom is 0.291 e. The van der Waals surface area contributed by atoms with Gasteiger partial charge >= 0.3 is 0 Å². The average molecular weight is 416 g/mol. The SMILES string of the molecule is O=C(COc1ccc(Br)cc1)NNC(=O)c1cn(-c2ccccc2)nn1. The fourth-order valence-electron chi connectivity index (χ4n) is 1.98. The Balaban J connectivity index is 1.48. The number of hydrogen-bond acceptors (Lipinski definition) is 5. The van der Waals surface area contributed by atoms with E-state index in [2.05, 4.69) is 37.1 Å². The van der Waals surface area contributed by atoms with Gasteiger partial charge in [0.1, 0.15) is 5.75 Å². The molecular formula is C17H14BrN5O3. The number of nitrogens with zero attached hydrogens (tertiary/aromatic N) is 3. The van der Waals surface area contributed by atoms with E-state index in [4.69, 9.17) is 4.74 Å². The molecule has 3 aromatic rings. The molecule has 0 fully saturated rings. The molecule has 0 spiro atoms. The van der Waals surface area contributed by atoms with Gasteiger partial charge in [0, 0.05) is 4.47 Å². The van der Waals surface area contributed by atoms with Gasteiger partial charge in [0.05, 0.1) is 11.9 Å². The predicted molar refractivity (Wildman–Crippen MR) is 96.6 cm³/mol. The number of rotatable bonds is 5. The topological polar surface area (TPSA) is 98.1 Å².